The number of para-hydroxylation sites is 1. The van der Waals surface area contributed by atoms with Gasteiger partial charge in [0.2, 0.25) is 0 Å². The molecular weight excluding hydrogens is 364 g/mol. The summed E-state index contributed by atoms with van der Waals surface area (Å²) >= 11 is 1.71. The molecule has 0 saturated carbocycles. The second-order valence-electron chi connectivity index (χ2n) is 5.89. The number of carbonyl (C=O) groups excluding carboxylic acids is 1. The molecule has 1 heterocycles. The lowest BCUT2D eigenvalue weighted by atomic mass is 10.1. The minimum atomic E-state index is -0.140. The number of ether oxygens (including phenoxy) is 3. The highest BCUT2D eigenvalue weighted by Gasteiger charge is 2.33. The number of urea groups is 1. The van der Waals surface area contributed by atoms with Gasteiger partial charge >= 0.3 is 6.03 Å². The highest BCUT2D eigenvalue weighted by Crippen LogP contribution is 2.45. The van der Waals surface area contributed by atoms with Crippen molar-refractivity contribution in [1.82, 2.24) is 4.90 Å². The van der Waals surface area contributed by atoms with Crippen molar-refractivity contribution in [2.24, 2.45) is 0 Å². The fraction of sp³-hybridized carbons (Fsp3) is 0.350. The van der Waals surface area contributed by atoms with Crippen molar-refractivity contribution in [3.05, 3.63) is 48.0 Å². The minimum absolute atomic E-state index is 0.127. The van der Waals surface area contributed by atoms with E-state index in [0.717, 1.165) is 22.8 Å². The number of nitrogens with zero attached hydrogens (tertiary/aromatic N) is 1. The van der Waals surface area contributed by atoms with E-state index in [4.69, 9.17) is 14.2 Å². The summed E-state index contributed by atoms with van der Waals surface area (Å²) < 4.78 is 16.4. The molecule has 1 aliphatic rings. The zero-order valence-electron chi connectivity index (χ0n) is 15.7. The van der Waals surface area contributed by atoms with Gasteiger partial charge in [0.05, 0.1) is 20.8 Å². The van der Waals surface area contributed by atoms with Gasteiger partial charge in [-0.2, -0.15) is 0 Å². The normalized spacial score (nSPS) is 16.1. The first-order valence-corrected chi connectivity index (χ1v) is 9.85. The maximum absolute atomic E-state index is 12.9. The summed E-state index contributed by atoms with van der Waals surface area (Å²) in [6, 6.07) is 13.0. The fourth-order valence-corrected chi connectivity index (χ4v) is 4.31. The average Bonchev–Trinajstić information content (AvgIpc) is 3.18. The number of thioether (sulfide) groups is 1. The van der Waals surface area contributed by atoms with Gasteiger partial charge in [0.1, 0.15) is 11.1 Å². The van der Waals surface area contributed by atoms with Gasteiger partial charge in [-0.25, -0.2) is 4.79 Å². The number of anilines is 1. The van der Waals surface area contributed by atoms with Gasteiger partial charge in [-0.3, -0.25) is 0 Å². The van der Waals surface area contributed by atoms with Crippen molar-refractivity contribution in [3.8, 4) is 17.2 Å². The van der Waals surface area contributed by atoms with Gasteiger partial charge in [-0.1, -0.05) is 12.1 Å². The zero-order valence-corrected chi connectivity index (χ0v) is 16.5. The lowest BCUT2D eigenvalue weighted by Gasteiger charge is -2.26. The van der Waals surface area contributed by atoms with Crippen molar-refractivity contribution < 1.29 is 19.0 Å². The maximum atomic E-state index is 12.9. The third-order valence-electron chi connectivity index (χ3n) is 4.27. The molecule has 0 unspecified atom stereocenters. The summed E-state index contributed by atoms with van der Waals surface area (Å²) in [6.45, 7) is 3.22. The molecule has 3 rings (SSSR count). The van der Waals surface area contributed by atoms with E-state index in [-0.39, 0.29) is 11.4 Å². The Labute approximate surface area is 163 Å². The highest BCUT2D eigenvalue weighted by molar-refractivity contribution is 7.99. The van der Waals surface area contributed by atoms with E-state index in [1.54, 1.807) is 26.0 Å². The quantitative estimate of drug-likeness (QED) is 0.796. The van der Waals surface area contributed by atoms with Crippen molar-refractivity contribution in [2.45, 2.75) is 12.3 Å². The van der Waals surface area contributed by atoms with E-state index < -0.39 is 0 Å². The number of carbonyl (C=O) groups is 1. The molecule has 27 heavy (non-hydrogen) atoms. The highest BCUT2D eigenvalue weighted by atomic mass is 32.2. The third-order valence-corrected chi connectivity index (χ3v) is 5.51. The molecule has 0 spiro atoms. The summed E-state index contributed by atoms with van der Waals surface area (Å²) in [5.41, 5.74) is 1.66. The Morgan fingerprint density at radius 3 is 2.63 bits per heavy atom. The molecule has 0 aromatic heterocycles. The Morgan fingerprint density at radius 2 is 1.96 bits per heavy atom. The SMILES string of the molecule is CCOc1ccc(NC(=O)N2CCS[C@H]2c2cccc(OC)c2OC)cc1. The van der Waals surface area contributed by atoms with Crippen molar-refractivity contribution >= 4 is 23.5 Å². The van der Waals surface area contributed by atoms with Crippen LogP contribution in [0.15, 0.2) is 42.5 Å². The van der Waals surface area contributed by atoms with Gasteiger partial charge in [0.15, 0.2) is 11.5 Å². The number of hydrogen-bond acceptors (Lipinski definition) is 5. The van der Waals surface area contributed by atoms with Crippen LogP contribution >= 0.6 is 11.8 Å². The lowest BCUT2D eigenvalue weighted by Crippen LogP contribution is -2.34. The van der Waals surface area contributed by atoms with Crippen LogP contribution in [-0.2, 0) is 0 Å². The topological polar surface area (TPSA) is 60.0 Å². The second-order valence-corrected chi connectivity index (χ2v) is 7.07. The number of amides is 2. The van der Waals surface area contributed by atoms with Crippen LogP contribution in [0.5, 0.6) is 17.2 Å². The predicted molar refractivity (Wildman–Crippen MR) is 108 cm³/mol. The van der Waals surface area contributed by atoms with Crippen LogP contribution in [-0.4, -0.2) is 44.1 Å². The molecular formula is C20H24N2O4S. The van der Waals surface area contributed by atoms with E-state index in [2.05, 4.69) is 5.32 Å². The van der Waals surface area contributed by atoms with Crippen LogP contribution in [0.4, 0.5) is 10.5 Å². The van der Waals surface area contributed by atoms with E-state index in [9.17, 15) is 4.79 Å². The summed E-state index contributed by atoms with van der Waals surface area (Å²) in [7, 11) is 3.23. The van der Waals surface area contributed by atoms with Crippen LogP contribution in [0.3, 0.4) is 0 Å². The minimum Gasteiger partial charge on any atom is -0.494 e. The fourth-order valence-electron chi connectivity index (χ4n) is 3.04. The van der Waals surface area contributed by atoms with Crippen molar-refractivity contribution in [2.75, 3.05) is 38.4 Å². The summed E-state index contributed by atoms with van der Waals surface area (Å²) in [4.78, 5) is 14.7. The predicted octanol–water partition coefficient (Wildman–Crippen LogP) is 4.38. The number of methoxy groups -OCH3 is 2. The zero-order chi connectivity index (χ0) is 19.2. The van der Waals surface area contributed by atoms with E-state index >= 15 is 0 Å². The Kier molecular flexibility index (Phi) is 6.34. The summed E-state index contributed by atoms with van der Waals surface area (Å²) in [6.07, 6.45) is 0. The summed E-state index contributed by atoms with van der Waals surface area (Å²) in [5, 5.41) is 2.84. The third kappa shape index (κ3) is 4.24. The molecule has 1 atom stereocenters. The molecule has 0 aliphatic carbocycles. The standard InChI is InChI=1S/C20H24N2O4S/c1-4-26-15-10-8-14(9-11-15)21-20(23)22-12-13-27-19(22)16-6-5-7-17(24-2)18(16)25-3/h5-11,19H,4,12-13H2,1-3H3,(H,21,23)/t19-/m0/s1. The number of nitrogens with one attached hydrogen (secondary N) is 1. The molecule has 144 valence electrons. The largest absolute Gasteiger partial charge is 0.494 e. The Morgan fingerprint density at radius 1 is 1.19 bits per heavy atom. The first kappa shape index (κ1) is 19.2. The van der Waals surface area contributed by atoms with Crippen LogP contribution in [0.1, 0.15) is 17.9 Å². The summed E-state index contributed by atoms with van der Waals surface area (Å²) in [5.74, 6) is 2.97. The maximum Gasteiger partial charge on any atom is 0.323 e. The number of hydrogen-bond donors (Lipinski definition) is 1. The first-order chi connectivity index (χ1) is 13.2. The number of rotatable bonds is 6. The van der Waals surface area contributed by atoms with Crippen LogP contribution in [0.2, 0.25) is 0 Å². The number of benzene rings is 2. The molecule has 1 fully saturated rings. The molecule has 0 bridgehead atoms. The van der Waals surface area contributed by atoms with Crippen molar-refractivity contribution in [1.29, 1.82) is 0 Å². The first-order valence-electron chi connectivity index (χ1n) is 8.81. The van der Waals surface area contributed by atoms with Crippen molar-refractivity contribution in [3.63, 3.8) is 0 Å². The molecule has 1 aliphatic heterocycles. The van der Waals surface area contributed by atoms with Crippen LogP contribution < -0.4 is 19.5 Å². The van der Waals surface area contributed by atoms with Crippen LogP contribution in [0.25, 0.3) is 0 Å². The molecule has 2 aromatic carbocycles. The molecule has 7 heteroatoms. The average molecular weight is 388 g/mol. The molecule has 2 amide bonds. The Balaban J connectivity index is 1.77. The Bertz CT molecular complexity index is 782. The van der Waals surface area contributed by atoms with E-state index in [0.29, 0.717) is 24.7 Å². The van der Waals surface area contributed by atoms with Gasteiger partial charge in [0.25, 0.3) is 0 Å². The molecule has 1 N–H and O–H groups in total. The van der Waals surface area contributed by atoms with Gasteiger partial charge in [0, 0.05) is 23.5 Å². The molecule has 2 aromatic rings. The lowest BCUT2D eigenvalue weighted by molar-refractivity contribution is 0.213. The van der Waals surface area contributed by atoms with Gasteiger partial charge < -0.3 is 24.4 Å². The van der Waals surface area contributed by atoms with Gasteiger partial charge in [-0.05, 0) is 37.3 Å². The second kappa shape index (κ2) is 8.90. The smallest absolute Gasteiger partial charge is 0.323 e. The monoisotopic (exact) mass is 388 g/mol. The van der Waals surface area contributed by atoms with Gasteiger partial charge in [-0.15, -0.1) is 11.8 Å². The molecule has 0 radical (unpaired) electrons. The van der Waals surface area contributed by atoms with E-state index in [1.807, 2.05) is 54.3 Å². The van der Waals surface area contributed by atoms with Crippen LogP contribution in [0, 0.1) is 0 Å². The molecule has 1 saturated heterocycles. The molecule has 6 nitrogen and oxygen atoms in total. The van der Waals surface area contributed by atoms with E-state index in [1.165, 1.54) is 0 Å². The Hall–Kier alpha value is -2.54.